The Morgan fingerprint density at radius 2 is 1.83 bits per heavy atom. The zero-order chi connectivity index (χ0) is 17.4. The lowest BCUT2D eigenvalue weighted by Crippen LogP contribution is -2.15. The number of hydrogen-bond acceptors (Lipinski definition) is 6. The van der Waals surface area contributed by atoms with Crippen LogP contribution < -0.4 is 10.2 Å². The fourth-order valence-electron chi connectivity index (χ4n) is 2.37. The van der Waals surface area contributed by atoms with Gasteiger partial charge >= 0.3 is 0 Å². The quantitative estimate of drug-likeness (QED) is 0.436. The third kappa shape index (κ3) is 4.27. The highest BCUT2D eigenvalue weighted by Gasteiger charge is 2.12. The van der Waals surface area contributed by atoms with Gasteiger partial charge in [0.1, 0.15) is 5.75 Å². The van der Waals surface area contributed by atoms with Gasteiger partial charge in [-0.3, -0.25) is 4.79 Å². The van der Waals surface area contributed by atoms with E-state index in [-0.39, 0.29) is 13.2 Å². The van der Waals surface area contributed by atoms with Crippen LogP contribution in [0, 0.1) is 0 Å². The van der Waals surface area contributed by atoms with E-state index < -0.39 is 6.04 Å². The van der Waals surface area contributed by atoms with Gasteiger partial charge in [0.25, 0.3) is 6.47 Å². The van der Waals surface area contributed by atoms with E-state index in [0.29, 0.717) is 28.9 Å². The van der Waals surface area contributed by atoms with Gasteiger partial charge in [-0.15, -0.1) is 0 Å². The summed E-state index contributed by atoms with van der Waals surface area (Å²) < 4.78 is 4.91. The molecule has 0 fully saturated rings. The zero-order valence-corrected chi connectivity index (χ0v) is 12.9. The van der Waals surface area contributed by atoms with E-state index in [1.807, 2.05) is 0 Å². The van der Waals surface area contributed by atoms with Crippen LogP contribution >= 0.6 is 0 Å². The summed E-state index contributed by atoms with van der Waals surface area (Å²) in [5.41, 5.74) is 4.86. The average Bonchev–Trinajstić information content (AvgIpc) is 2.63. The summed E-state index contributed by atoms with van der Waals surface area (Å²) in [6.45, 7) is 0.0184. The molecule has 6 nitrogen and oxygen atoms in total. The van der Waals surface area contributed by atoms with Crippen molar-refractivity contribution in [3.63, 3.8) is 0 Å². The topological polar surface area (TPSA) is 99.0 Å². The Balaban J connectivity index is 2.27. The first-order valence-electron chi connectivity index (χ1n) is 7.34. The van der Waals surface area contributed by atoms with Gasteiger partial charge in [0.05, 0.1) is 19.3 Å². The first-order chi connectivity index (χ1) is 11.7. The largest absolute Gasteiger partial charge is 0.428 e. The van der Waals surface area contributed by atoms with Gasteiger partial charge in [0.15, 0.2) is 0 Å². The summed E-state index contributed by atoms with van der Waals surface area (Å²) >= 11 is 0. The van der Waals surface area contributed by atoms with Crippen LogP contribution in [-0.4, -0.2) is 21.9 Å². The maximum absolute atomic E-state index is 10.6. The van der Waals surface area contributed by atoms with Crippen LogP contribution in [0.5, 0.6) is 5.75 Å². The van der Waals surface area contributed by atoms with Crippen molar-refractivity contribution in [1.29, 1.82) is 0 Å². The molecule has 0 aliphatic rings. The molecule has 1 atom stereocenters. The van der Waals surface area contributed by atoms with Gasteiger partial charge in [0, 0.05) is 5.56 Å². The van der Waals surface area contributed by atoms with Crippen molar-refractivity contribution in [2.24, 2.45) is 0 Å². The predicted molar refractivity (Wildman–Crippen MR) is 88.1 cm³/mol. The summed E-state index contributed by atoms with van der Waals surface area (Å²) in [6.07, 6.45) is 3.45. The summed E-state index contributed by atoms with van der Waals surface area (Å²) in [6, 6.07) is 11.5. The van der Waals surface area contributed by atoms with E-state index in [2.05, 4.69) is 5.48 Å². The Hall–Kier alpha value is -2.51. The number of carbonyl (C=O) groups excluding carboxylic acids is 1. The molecule has 0 aliphatic heterocycles. The summed E-state index contributed by atoms with van der Waals surface area (Å²) in [4.78, 5) is 10.6. The molecule has 0 saturated heterocycles. The molecule has 126 valence electrons. The Morgan fingerprint density at radius 1 is 1.08 bits per heavy atom. The molecule has 6 heteroatoms. The number of rotatable bonds is 8. The van der Waals surface area contributed by atoms with Crippen molar-refractivity contribution >= 4 is 12.5 Å². The third-order valence-corrected chi connectivity index (χ3v) is 3.62. The van der Waals surface area contributed by atoms with Crippen LogP contribution in [0.15, 0.2) is 48.5 Å². The molecule has 2 aromatic carbocycles. The SMILES string of the molecule is O=COc1ccccc1C(C=Cc1ccc(CO)c(CO)c1)NO. The van der Waals surface area contributed by atoms with Crippen LogP contribution in [0.1, 0.15) is 28.3 Å². The zero-order valence-electron chi connectivity index (χ0n) is 12.9. The number of hydroxylamine groups is 1. The highest BCUT2D eigenvalue weighted by molar-refractivity contribution is 5.55. The number of nitrogens with one attached hydrogen (secondary N) is 1. The van der Waals surface area contributed by atoms with Crippen LogP contribution in [0.2, 0.25) is 0 Å². The normalized spacial score (nSPS) is 12.3. The third-order valence-electron chi connectivity index (χ3n) is 3.62. The molecule has 2 rings (SSSR count). The number of para-hydroxylation sites is 1. The monoisotopic (exact) mass is 329 g/mol. The second kappa shape index (κ2) is 8.95. The van der Waals surface area contributed by atoms with E-state index in [1.165, 1.54) is 0 Å². The van der Waals surface area contributed by atoms with E-state index in [0.717, 1.165) is 5.56 Å². The molecule has 0 saturated carbocycles. The minimum Gasteiger partial charge on any atom is -0.428 e. The number of hydrogen-bond donors (Lipinski definition) is 4. The Labute approximate surface area is 139 Å². The minimum absolute atomic E-state index is 0.142. The molecule has 0 heterocycles. The van der Waals surface area contributed by atoms with Gasteiger partial charge < -0.3 is 20.2 Å². The molecule has 0 aliphatic carbocycles. The maximum Gasteiger partial charge on any atom is 0.298 e. The lowest BCUT2D eigenvalue weighted by Gasteiger charge is -2.14. The number of carbonyl (C=O) groups is 1. The standard InChI is InChI=1S/C18H19NO5/c20-10-14-7-5-13(9-15(14)11-21)6-8-17(19-23)16-3-1-2-4-18(16)24-12-22/h1-9,12,17,19-21,23H,10-11H2. The Kier molecular flexibility index (Phi) is 6.65. The number of aliphatic hydroxyl groups is 2. The summed E-state index contributed by atoms with van der Waals surface area (Å²) in [5.74, 6) is 0.343. The average molecular weight is 329 g/mol. The summed E-state index contributed by atoms with van der Waals surface area (Å²) in [5, 5.41) is 28.0. The molecular weight excluding hydrogens is 310 g/mol. The lowest BCUT2D eigenvalue weighted by molar-refractivity contribution is -0.120. The van der Waals surface area contributed by atoms with E-state index in [4.69, 9.17) is 4.74 Å². The van der Waals surface area contributed by atoms with Gasteiger partial charge in [-0.2, -0.15) is 5.48 Å². The molecule has 0 amide bonds. The number of ether oxygens (including phenoxy) is 1. The van der Waals surface area contributed by atoms with Gasteiger partial charge in [-0.25, -0.2) is 0 Å². The Morgan fingerprint density at radius 3 is 2.50 bits per heavy atom. The van der Waals surface area contributed by atoms with E-state index >= 15 is 0 Å². The molecule has 0 bridgehead atoms. The maximum atomic E-state index is 10.6. The molecule has 24 heavy (non-hydrogen) atoms. The highest BCUT2D eigenvalue weighted by atomic mass is 16.5. The molecule has 0 aromatic heterocycles. The Bertz CT molecular complexity index is 714. The van der Waals surface area contributed by atoms with Crippen LogP contribution in [0.25, 0.3) is 6.08 Å². The van der Waals surface area contributed by atoms with Crippen molar-refractivity contribution in [2.75, 3.05) is 0 Å². The number of aliphatic hydroxyl groups excluding tert-OH is 2. The lowest BCUT2D eigenvalue weighted by atomic mass is 10.0. The van der Waals surface area contributed by atoms with Crippen LogP contribution in [0.4, 0.5) is 0 Å². The fraction of sp³-hybridized carbons (Fsp3) is 0.167. The van der Waals surface area contributed by atoms with Gasteiger partial charge in [-0.1, -0.05) is 42.5 Å². The van der Waals surface area contributed by atoms with Gasteiger partial charge in [-0.05, 0) is 28.8 Å². The van der Waals surface area contributed by atoms with E-state index in [9.17, 15) is 20.2 Å². The first kappa shape index (κ1) is 17.8. The second-order valence-corrected chi connectivity index (χ2v) is 5.06. The van der Waals surface area contributed by atoms with Gasteiger partial charge in [0.2, 0.25) is 0 Å². The van der Waals surface area contributed by atoms with Crippen molar-refractivity contribution in [3.05, 3.63) is 70.8 Å². The van der Waals surface area contributed by atoms with Crippen molar-refractivity contribution < 1.29 is 25.0 Å². The van der Waals surface area contributed by atoms with Crippen LogP contribution in [0.3, 0.4) is 0 Å². The minimum atomic E-state index is -0.587. The molecule has 0 radical (unpaired) electrons. The fourth-order valence-corrected chi connectivity index (χ4v) is 2.37. The highest BCUT2D eigenvalue weighted by Crippen LogP contribution is 2.26. The van der Waals surface area contributed by atoms with Crippen molar-refractivity contribution in [1.82, 2.24) is 5.48 Å². The first-order valence-corrected chi connectivity index (χ1v) is 7.34. The number of benzene rings is 2. The van der Waals surface area contributed by atoms with Crippen molar-refractivity contribution in [2.45, 2.75) is 19.3 Å². The molecule has 2 aromatic rings. The van der Waals surface area contributed by atoms with Crippen molar-refractivity contribution in [3.8, 4) is 5.75 Å². The molecule has 1 unspecified atom stereocenters. The molecule has 4 N–H and O–H groups in total. The second-order valence-electron chi connectivity index (χ2n) is 5.06. The summed E-state index contributed by atoms with van der Waals surface area (Å²) in [7, 11) is 0. The predicted octanol–water partition coefficient (Wildman–Crippen LogP) is 1.94. The van der Waals surface area contributed by atoms with Crippen LogP contribution in [-0.2, 0) is 18.0 Å². The smallest absolute Gasteiger partial charge is 0.298 e. The van der Waals surface area contributed by atoms with E-state index in [1.54, 1.807) is 54.6 Å². The molecular formula is C18H19NO5. The molecule has 0 spiro atoms.